The molecule has 21 heavy (non-hydrogen) atoms. The first-order valence-electron chi connectivity index (χ1n) is 6.74. The molecule has 0 aliphatic rings. The van der Waals surface area contributed by atoms with E-state index in [9.17, 15) is 9.59 Å². The number of hydrogen-bond donors (Lipinski definition) is 2. The summed E-state index contributed by atoms with van der Waals surface area (Å²) in [5.41, 5.74) is 0.572. The zero-order valence-electron chi connectivity index (χ0n) is 11.7. The third kappa shape index (κ3) is 6.82. The Bertz CT molecular complexity index is 526. The number of carbonyl (C=O) groups excluding carboxylic acids is 1. The normalized spacial score (nSPS) is 9.86. The van der Waals surface area contributed by atoms with E-state index in [0.29, 0.717) is 24.3 Å². The van der Waals surface area contributed by atoms with Gasteiger partial charge in [0, 0.05) is 17.9 Å². The van der Waals surface area contributed by atoms with Crippen LogP contribution in [0, 0.1) is 11.3 Å². The number of carboxylic acid groups (broad SMARTS) is 1. The van der Waals surface area contributed by atoms with Crippen LogP contribution in [0.25, 0.3) is 0 Å². The van der Waals surface area contributed by atoms with E-state index < -0.39 is 5.97 Å². The lowest BCUT2D eigenvalue weighted by molar-refractivity contribution is -0.137. The molecule has 0 saturated heterocycles. The molecule has 0 bridgehead atoms. The second-order valence-corrected chi connectivity index (χ2v) is 5.42. The van der Waals surface area contributed by atoms with Crippen LogP contribution in [0.4, 0.5) is 0 Å². The maximum atomic E-state index is 12.1. The van der Waals surface area contributed by atoms with E-state index in [1.165, 1.54) is 11.8 Å². The number of amides is 1. The molecule has 112 valence electrons. The van der Waals surface area contributed by atoms with Crippen molar-refractivity contribution in [3.05, 3.63) is 29.8 Å². The lowest BCUT2D eigenvalue weighted by Gasteiger charge is -2.08. The van der Waals surface area contributed by atoms with Gasteiger partial charge in [0.15, 0.2) is 0 Å². The van der Waals surface area contributed by atoms with E-state index in [1.54, 1.807) is 12.1 Å². The predicted molar refractivity (Wildman–Crippen MR) is 81.2 cm³/mol. The van der Waals surface area contributed by atoms with Crippen molar-refractivity contribution in [1.82, 2.24) is 5.32 Å². The fraction of sp³-hybridized carbons (Fsp3) is 0.400. The molecule has 0 radical (unpaired) electrons. The Hall–Kier alpha value is -2.00. The van der Waals surface area contributed by atoms with Crippen molar-refractivity contribution >= 4 is 23.6 Å². The van der Waals surface area contributed by atoms with E-state index in [1.807, 2.05) is 18.2 Å². The number of nitrogens with one attached hydrogen (secondary N) is 1. The van der Waals surface area contributed by atoms with Crippen LogP contribution in [0.5, 0.6) is 0 Å². The highest BCUT2D eigenvalue weighted by atomic mass is 32.2. The number of carboxylic acids is 1. The van der Waals surface area contributed by atoms with E-state index >= 15 is 0 Å². The third-order valence-electron chi connectivity index (χ3n) is 2.78. The zero-order chi connectivity index (χ0) is 15.5. The molecule has 0 saturated carbocycles. The number of rotatable bonds is 9. The maximum absolute atomic E-state index is 12.1. The van der Waals surface area contributed by atoms with Crippen molar-refractivity contribution in [3.63, 3.8) is 0 Å². The molecular weight excluding hydrogens is 288 g/mol. The summed E-state index contributed by atoms with van der Waals surface area (Å²) in [5, 5.41) is 19.9. The van der Waals surface area contributed by atoms with Crippen molar-refractivity contribution < 1.29 is 14.7 Å². The molecule has 2 N–H and O–H groups in total. The van der Waals surface area contributed by atoms with Crippen molar-refractivity contribution in [1.29, 1.82) is 5.26 Å². The molecule has 1 aromatic rings. The van der Waals surface area contributed by atoms with Crippen LogP contribution in [0.2, 0.25) is 0 Å². The van der Waals surface area contributed by atoms with Crippen LogP contribution in [-0.4, -0.2) is 29.3 Å². The average molecular weight is 306 g/mol. The predicted octanol–water partition coefficient (Wildman–Crippen LogP) is 2.68. The second-order valence-electron chi connectivity index (χ2n) is 4.40. The molecule has 0 atom stereocenters. The van der Waals surface area contributed by atoms with E-state index in [2.05, 4.69) is 5.32 Å². The summed E-state index contributed by atoms with van der Waals surface area (Å²) >= 11 is 1.34. The van der Waals surface area contributed by atoms with Crippen LogP contribution in [0.15, 0.2) is 29.2 Å². The monoisotopic (exact) mass is 306 g/mol. The number of thioether (sulfide) groups is 1. The highest BCUT2D eigenvalue weighted by molar-refractivity contribution is 7.99. The third-order valence-corrected chi connectivity index (χ3v) is 3.72. The van der Waals surface area contributed by atoms with Crippen LogP contribution in [0.1, 0.15) is 36.0 Å². The summed E-state index contributed by atoms with van der Waals surface area (Å²) in [4.78, 5) is 23.2. The van der Waals surface area contributed by atoms with Gasteiger partial charge in [0.1, 0.15) is 0 Å². The standard InChI is InChI=1S/C15H18N2O3S/c16-9-11-21-13-7-4-3-6-12(13)15(20)17-10-5-1-2-8-14(18)19/h3-4,6-7H,1-2,5,8,10-11H2,(H,17,20)(H,18,19). The maximum Gasteiger partial charge on any atom is 0.303 e. The molecule has 5 nitrogen and oxygen atoms in total. The van der Waals surface area contributed by atoms with Gasteiger partial charge in [0.05, 0.1) is 17.4 Å². The summed E-state index contributed by atoms with van der Waals surface area (Å²) in [6.45, 7) is 0.524. The highest BCUT2D eigenvalue weighted by Gasteiger charge is 2.10. The average Bonchev–Trinajstić information content (AvgIpc) is 2.48. The SMILES string of the molecule is N#CCSc1ccccc1C(=O)NCCCCCC(=O)O. The van der Waals surface area contributed by atoms with Crippen molar-refractivity contribution in [2.45, 2.75) is 30.6 Å². The van der Waals surface area contributed by atoms with Gasteiger partial charge in [-0.3, -0.25) is 9.59 Å². The fourth-order valence-electron chi connectivity index (χ4n) is 1.77. The molecule has 0 aromatic heterocycles. The van der Waals surface area contributed by atoms with Crippen LogP contribution in [-0.2, 0) is 4.79 Å². The Morgan fingerprint density at radius 1 is 1.24 bits per heavy atom. The number of benzene rings is 1. The molecule has 0 spiro atoms. The van der Waals surface area contributed by atoms with Crippen molar-refractivity contribution in [2.75, 3.05) is 12.3 Å². The minimum Gasteiger partial charge on any atom is -0.481 e. The molecule has 0 fully saturated rings. The van der Waals surface area contributed by atoms with Gasteiger partial charge in [-0.15, -0.1) is 11.8 Å². The van der Waals surface area contributed by atoms with Crippen LogP contribution < -0.4 is 5.32 Å². The second kappa shape index (κ2) is 9.83. The summed E-state index contributed by atoms with van der Waals surface area (Å²) < 4.78 is 0. The summed E-state index contributed by atoms with van der Waals surface area (Å²) in [6, 6.07) is 9.23. The molecule has 0 heterocycles. The first-order chi connectivity index (χ1) is 10.1. The Balaban J connectivity index is 2.38. The largest absolute Gasteiger partial charge is 0.481 e. The Kier molecular flexibility index (Phi) is 7.99. The van der Waals surface area contributed by atoms with Crippen LogP contribution >= 0.6 is 11.8 Å². The van der Waals surface area contributed by atoms with Gasteiger partial charge in [0.2, 0.25) is 0 Å². The fourth-order valence-corrected chi connectivity index (χ4v) is 2.48. The topological polar surface area (TPSA) is 90.2 Å². The molecule has 1 aromatic carbocycles. The van der Waals surface area contributed by atoms with E-state index in [4.69, 9.17) is 10.4 Å². The quantitative estimate of drug-likeness (QED) is 0.541. The van der Waals surface area contributed by atoms with Crippen LogP contribution in [0.3, 0.4) is 0 Å². The zero-order valence-corrected chi connectivity index (χ0v) is 12.5. The number of unbranched alkanes of at least 4 members (excludes halogenated alkanes) is 2. The smallest absolute Gasteiger partial charge is 0.303 e. The van der Waals surface area contributed by atoms with Gasteiger partial charge in [-0.05, 0) is 25.0 Å². The summed E-state index contributed by atoms with van der Waals surface area (Å²) in [7, 11) is 0. The van der Waals surface area contributed by atoms with Gasteiger partial charge in [-0.25, -0.2) is 0 Å². The summed E-state index contributed by atoms with van der Waals surface area (Å²) in [6.07, 6.45) is 2.32. The van der Waals surface area contributed by atoms with Gasteiger partial charge in [-0.2, -0.15) is 5.26 Å². The number of carbonyl (C=O) groups is 2. The minimum absolute atomic E-state index is 0.158. The summed E-state index contributed by atoms with van der Waals surface area (Å²) in [5.74, 6) is -0.642. The lowest BCUT2D eigenvalue weighted by atomic mass is 10.2. The number of nitriles is 1. The van der Waals surface area contributed by atoms with Gasteiger partial charge in [0.25, 0.3) is 5.91 Å². The lowest BCUT2D eigenvalue weighted by Crippen LogP contribution is -2.25. The number of nitrogens with zero attached hydrogens (tertiary/aromatic N) is 1. The van der Waals surface area contributed by atoms with Gasteiger partial charge >= 0.3 is 5.97 Å². The Labute approximate surface area is 128 Å². The van der Waals surface area contributed by atoms with Gasteiger partial charge in [-0.1, -0.05) is 18.6 Å². The number of aliphatic carboxylic acids is 1. The molecule has 0 unspecified atom stereocenters. The van der Waals surface area contributed by atoms with Gasteiger partial charge < -0.3 is 10.4 Å². The first kappa shape index (κ1) is 17.1. The molecular formula is C15H18N2O3S. The van der Waals surface area contributed by atoms with E-state index in [0.717, 1.165) is 17.7 Å². The van der Waals surface area contributed by atoms with Crippen molar-refractivity contribution in [3.8, 4) is 6.07 Å². The van der Waals surface area contributed by atoms with Crippen molar-refractivity contribution in [2.24, 2.45) is 0 Å². The number of hydrogen-bond acceptors (Lipinski definition) is 4. The molecule has 1 amide bonds. The first-order valence-corrected chi connectivity index (χ1v) is 7.72. The molecule has 0 aliphatic carbocycles. The Morgan fingerprint density at radius 3 is 2.71 bits per heavy atom. The van der Waals surface area contributed by atoms with E-state index in [-0.39, 0.29) is 12.3 Å². The molecule has 1 rings (SSSR count). The highest BCUT2D eigenvalue weighted by Crippen LogP contribution is 2.22. The minimum atomic E-state index is -0.789. The molecule has 0 aliphatic heterocycles. The Morgan fingerprint density at radius 2 is 2.00 bits per heavy atom. The molecule has 6 heteroatoms.